The van der Waals surface area contributed by atoms with Crippen molar-refractivity contribution < 1.29 is 22.2 Å². The summed E-state index contributed by atoms with van der Waals surface area (Å²) in [5, 5.41) is 21.1. The minimum absolute atomic E-state index is 0.0225. The number of nitrogens with one attached hydrogen (secondary N) is 15. The van der Waals surface area contributed by atoms with Crippen LogP contribution in [-0.2, 0) is 21.4 Å². The number of thiazole rings is 1. The fraction of sp³-hybridized carbons (Fsp3) is 0.139. The van der Waals surface area contributed by atoms with Crippen LogP contribution in [0.15, 0.2) is 229 Å². The fourth-order valence-corrected chi connectivity index (χ4v) is 14.0. The molecule has 8 aromatic heterocycles. The van der Waals surface area contributed by atoms with Crippen molar-refractivity contribution in [3.8, 4) is 5.75 Å². The number of rotatable bonds is 0. The first-order valence-corrected chi connectivity index (χ1v) is 37.8. The van der Waals surface area contributed by atoms with Gasteiger partial charge in [0.2, 0.25) is 11.2 Å². The highest BCUT2D eigenvalue weighted by Gasteiger charge is 2.23. The number of aromatic hydroxyl groups is 1. The largest absolute Gasteiger partial charge is 0.506 e. The number of para-hydroxylation sites is 8. The molecule has 16 N–H and O–H groups in total. The third-order valence-electron chi connectivity index (χ3n) is 16.7. The zero-order valence-electron chi connectivity index (χ0n) is 61.7. The topological polar surface area (TPSA) is 430 Å². The van der Waals surface area contributed by atoms with Crippen molar-refractivity contribution in [1.82, 2.24) is 70.2 Å². The van der Waals surface area contributed by atoms with Gasteiger partial charge >= 0.3 is 37.9 Å². The molecule has 0 saturated carbocycles. The number of aryl methyl sites for hydroxylation is 9. The Kier molecular flexibility index (Phi) is 26.0. The van der Waals surface area contributed by atoms with Crippen LogP contribution in [0.3, 0.4) is 0 Å². The van der Waals surface area contributed by atoms with E-state index in [0.717, 1.165) is 116 Å². The number of imidazole rings is 4. The highest BCUT2D eigenvalue weighted by Crippen LogP contribution is 2.33. The molecule has 0 radical (unpaired) electrons. The first-order valence-electron chi connectivity index (χ1n) is 34.4. The van der Waals surface area contributed by atoms with E-state index in [9.17, 15) is 41.7 Å². The molecule has 110 heavy (non-hydrogen) atoms. The molecule has 31 heteroatoms. The average Bonchev–Trinajstić information content (AvgIpc) is 1.69. The first kappa shape index (κ1) is 79.1. The summed E-state index contributed by atoms with van der Waals surface area (Å²) in [7, 11) is -3.33. The Morgan fingerprint density at radius 3 is 1.69 bits per heavy atom. The second-order valence-corrected chi connectivity index (χ2v) is 28.1. The van der Waals surface area contributed by atoms with Crippen LogP contribution in [0.4, 0.5) is 22.7 Å². The van der Waals surface area contributed by atoms with Crippen molar-refractivity contribution in [3.05, 3.63) is 302 Å². The summed E-state index contributed by atoms with van der Waals surface area (Å²) in [4.78, 5) is 85.7. The summed E-state index contributed by atoms with van der Waals surface area (Å²) >= 11 is 0.126. The Bertz CT molecular complexity index is 6290. The molecule has 2 aliphatic heterocycles. The van der Waals surface area contributed by atoms with Crippen molar-refractivity contribution in [2.45, 2.75) is 76.2 Å². The van der Waals surface area contributed by atoms with E-state index in [4.69, 9.17) is 4.42 Å². The minimum Gasteiger partial charge on any atom is -0.506 e. The lowest BCUT2D eigenvalue weighted by atomic mass is 10.2. The van der Waals surface area contributed by atoms with E-state index in [1.165, 1.54) is 27.8 Å². The van der Waals surface area contributed by atoms with Crippen LogP contribution < -0.4 is 46.6 Å². The molecule has 10 heterocycles. The van der Waals surface area contributed by atoms with Gasteiger partial charge in [-0.25, -0.2) is 28.4 Å². The monoisotopic (exact) mass is 1540 g/mol. The molecule has 0 fully saturated rings. The van der Waals surface area contributed by atoms with Crippen molar-refractivity contribution in [2.75, 3.05) is 18.9 Å². The van der Waals surface area contributed by atoms with Crippen LogP contribution in [0.25, 0.3) is 87.4 Å². The third kappa shape index (κ3) is 20.3. The van der Waals surface area contributed by atoms with E-state index in [2.05, 4.69) is 120 Å². The highest BCUT2D eigenvalue weighted by molar-refractivity contribution is 7.94. The van der Waals surface area contributed by atoms with Crippen LogP contribution in [0, 0.1) is 62.3 Å². The molecule has 20 rings (SSSR count). The Hall–Kier alpha value is -13.5. The predicted octanol–water partition coefficient (Wildman–Crippen LogP) is 15.3. The molecule has 18 aromatic rings. The Morgan fingerprint density at radius 2 is 1.01 bits per heavy atom. The maximum absolute atomic E-state index is 11.0. The molecular weight excluding hydrogens is 1460 g/mol. The predicted molar refractivity (Wildman–Crippen MR) is 444 cm³/mol. The van der Waals surface area contributed by atoms with E-state index in [1.54, 1.807) is 30.6 Å². The third-order valence-corrected chi connectivity index (χ3v) is 19.3. The standard InChI is InChI=1S/C8H8N2O2.2C8H8N2O.C8H8N2.C8H7NO2.C8H7NOS.C8H7N.C7H7N3.C7H8N2O2S.C7H8N2OS.C2H6/c1-4-2-3-5(11)7-6(4)9-8(12)10-7;1-5-2-3-6-7(4-5)10-8(11)9-6;1-5-3-2-4-6-7(5)10-8(11)9-6;1-6-3-2-4-7-8(6)10-5-9-7;2*1-5-3-2-4-6-7(5)9-8(10)11-6;1-2-4-8-7(3-1)5-6-9-8;1-5-3-2-4-6-7(5)9-10-8-6;1-5-3-2-4-6-7(5)9-12(10,11)8-6;1-5-3-2-4-6-7(5)9-11(10)8-6;1-2/h2-3,11H,1H3,(H2,9,10,12);2*2-4H,1H3,(H2,9,10,11);2-5H,1H3,(H,9,10);2*2-4H,1H3,(H,9,10);1-6,9H;2-4H,1H3,(H,8,9,10);2-4,8-9H,1H3;2-4,8-9H,1H3;1-2H3. The number of aromatic nitrogens is 14. The second-order valence-electron chi connectivity index (χ2n) is 24.7. The molecule has 566 valence electrons. The number of H-pyrrole nitrogens is 11. The van der Waals surface area contributed by atoms with E-state index < -0.39 is 27.1 Å². The number of phenols is 1. The fourth-order valence-electron chi connectivity index (χ4n) is 11.2. The van der Waals surface area contributed by atoms with Crippen LogP contribution in [0.1, 0.15) is 63.9 Å². The van der Waals surface area contributed by atoms with Gasteiger partial charge in [-0.15, -0.1) is 0 Å². The number of nitrogens with zero attached hydrogens (tertiary/aromatic N) is 3. The second kappa shape index (κ2) is 36.2. The smallest absolute Gasteiger partial charge is 0.417 e. The number of fused-ring (bicyclic) bond motifs is 10. The molecule has 0 aliphatic carbocycles. The van der Waals surface area contributed by atoms with Gasteiger partial charge in [-0.2, -0.15) is 23.8 Å². The number of hydrogen-bond acceptors (Lipinski definition) is 14. The molecule has 0 saturated heterocycles. The van der Waals surface area contributed by atoms with Crippen molar-refractivity contribution in [3.63, 3.8) is 0 Å². The van der Waals surface area contributed by atoms with E-state index in [0.29, 0.717) is 28.0 Å². The lowest BCUT2D eigenvalue weighted by molar-refractivity contribution is 0.480. The molecule has 0 spiro atoms. The van der Waals surface area contributed by atoms with Crippen LogP contribution in [-0.4, -0.2) is 88.0 Å². The SMILES string of the molecule is CC.Cc1ccc(O)c2[nH]c(=O)[nH]c12.Cc1ccc2[nH]c(=O)[nH]c2c1.Cc1cccc2[nH]c(=O)[nH]c12.Cc1cccc2[nH]cnc12.Cc1cccc2c1NS(=O)(=O)N2.Cc1cccc2c1NS(=O)N2.Cc1cccc2n[nH]nc12.Cc1cccc2oc(=O)[nH]c12.Cc1cccc2sc(=O)[nH]c12.c1ccc2[nH]ccc2c1. The molecule has 1 unspecified atom stereocenters. The normalized spacial score (nSPS) is 12.2. The van der Waals surface area contributed by atoms with Gasteiger partial charge in [-0.05, 0) is 191 Å². The number of hydrogen-bond donors (Lipinski definition) is 16. The lowest BCUT2D eigenvalue weighted by Gasteiger charge is -1.98. The van der Waals surface area contributed by atoms with Gasteiger partial charge < -0.3 is 54.4 Å². The molecule has 28 nitrogen and oxygen atoms in total. The van der Waals surface area contributed by atoms with E-state index >= 15 is 0 Å². The molecular formula is C79H82N18O10S3. The van der Waals surface area contributed by atoms with Gasteiger partial charge in [0.05, 0.1) is 83.4 Å². The van der Waals surface area contributed by atoms with Crippen LogP contribution >= 0.6 is 11.3 Å². The molecule has 0 bridgehead atoms. The van der Waals surface area contributed by atoms with Gasteiger partial charge in [0, 0.05) is 11.7 Å². The highest BCUT2D eigenvalue weighted by atomic mass is 32.2. The van der Waals surface area contributed by atoms with Gasteiger partial charge in [-0.3, -0.25) is 28.7 Å². The molecule has 1 atom stereocenters. The van der Waals surface area contributed by atoms with Gasteiger partial charge in [0.25, 0.3) is 0 Å². The molecule has 0 amide bonds. The summed E-state index contributed by atoms with van der Waals surface area (Å²) in [6, 6.07) is 59.8. The van der Waals surface area contributed by atoms with E-state index in [-0.39, 0.29) is 27.7 Å². The maximum atomic E-state index is 11.0. The summed E-state index contributed by atoms with van der Waals surface area (Å²) in [5.74, 6) is -0.303. The average molecular weight is 1540 g/mol. The van der Waals surface area contributed by atoms with Crippen molar-refractivity contribution in [2.24, 2.45) is 0 Å². The minimum atomic E-state index is -3.33. The summed E-state index contributed by atoms with van der Waals surface area (Å²) in [6.45, 7) is 21.7. The summed E-state index contributed by atoms with van der Waals surface area (Å²) in [5.41, 5.74) is 24.6. The number of aromatic amines is 11. The van der Waals surface area contributed by atoms with Gasteiger partial charge in [0.1, 0.15) is 22.3 Å². The van der Waals surface area contributed by atoms with Gasteiger partial charge in [0.15, 0.2) is 5.58 Å². The number of anilines is 4. The summed E-state index contributed by atoms with van der Waals surface area (Å²) in [6.07, 6.45) is 3.67. The van der Waals surface area contributed by atoms with E-state index in [1.807, 2.05) is 215 Å². The Labute approximate surface area is 634 Å². The van der Waals surface area contributed by atoms with Crippen molar-refractivity contribution >= 4 is 143 Å². The van der Waals surface area contributed by atoms with Crippen LogP contribution in [0.5, 0.6) is 5.75 Å². The Morgan fingerprint density at radius 1 is 0.436 bits per heavy atom. The molecule has 10 aromatic carbocycles. The van der Waals surface area contributed by atoms with Crippen molar-refractivity contribution in [1.29, 1.82) is 0 Å². The summed E-state index contributed by atoms with van der Waals surface area (Å²) < 4.78 is 49.3. The zero-order chi connectivity index (χ0) is 78.8. The number of phenolic OH excluding ortho intramolecular Hbond substituents is 1. The zero-order valence-corrected chi connectivity index (χ0v) is 64.2. The quantitative estimate of drug-likeness (QED) is 0.0672. The van der Waals surface area contributed by atoms with Crippen LogP contribution in [0.2, 0.25) is 0 Å². The van der Waals surface area contributed by atoms with Gasteiger partial charge in [-0.1, -0.05) is 140 Å². The number of benzene rings is 10. The Balaban J connectivity index is 0.000000130. The lowest BCUT2D eigenvalue weighted by Crippen LogP contribution is -2.12. The molecule has 2 aliphatic rings. The first-order chi connectivity index (χ1) is 52.8. The maximum Gasteiger partial charge on any atom is 0.417 e. The number of oxazole rings is 1.